The Kier molecular flexibility index (Phi) is 3.65. The van der Waals surface area contributed by atoms with Crippen molar-refractivity contribution in [2.45, 2.75) is 13.0 Å². The number of aryl methyl sites for hydroxylation is 1. The van der Waals surface area contributed by atoms with Crippen molar-refractivity contribution in [3.8, 4) is 16.9 Å². The zero-order valence-corrected chi connectivity index (χ0v) is 15.5. The number of H-pyrrole nitrogens is 1. The number of fused-ring (bicyclic) bond motifs is 2. The van der Waals surface area contributed by atoms with Gasteiger partial charge in [-0.15, -0.1) is 5.10 Å². The Balaban J connectivity index is 1.80. The second-order valence-corrected chi connectivity index (χ2v) is 6.91. The number of amides is 1. The highest BCUT2D eigenvalue weighted by atomic mass is 16.5. The van der Waals surface area contributed by atoms with Gasteiger partial charge in [-0.05, 0) is 41.8 Å². The highest BCUT2D eigenvalue weighted by Crippen LogP contribution is 2.38. The van der Waals surface area contributed by atoms with E-state index in [2.05, 4.69) is 20.5 Å². The van der Waals surface area contributed by atoms with E-state index < -0.39 is 0 Å². The molecule has 0 radical (unpaired) electrons. The van der Waals surface area contributed by atoms with Crippen molar-refractivity contribution in [2.75, 3.05) is 7.11 Å². The van der Waals surface area contributed by atoms with E-state index in [0.717, 1.165) is 39.0 Å². The number of rotatable bonds is 2. The van der Waals surface area contributed by atoms with E-state index in [9.17, 15) is 4.79 Å². The first-order chi connectivity index (χ1) is 13.7. The van der Waals surface area contributed by atoms with E-state index in [4.69, 9.17) is 4.74 Å². The zero-order chi connectivity index (χ0) is 19.3. The summed E-state index contributed by atoms with van der Waals surface area (Å²) >= 11 is 0. The lowest BCUT2D eigenvalue weighted by molar-refractivity contribution is 0.0943. The van der Waals surface area contributed by atoms with Crippen LogP contribution in [0, 0.1) is 6.92 Å². The molecule has 1 atom stereocenters. The molecule has 28 heavy (non-hydrogen) atoms. The number of methoxy groups -OCH3 is 1. The zero-order valence-electron chi connectivity index (χ0n) is 15.5. The number of ether oxygens (including phenoxy) is 1. The highest BCUT2D eigenvalue weighted by molar-refractivity contribution is 6.07. The Labute approximate surface area is 161 Å². The first-order valence-electron chi connectivity index (χ1n) is 9.05. The number of aromatic amines is 1. The van der Waals surface area contributed by atoms with Gasteiger partial charge in [-0.2, -0.15) is 5.10 Å². The summed E-state index contributed by atoms with van der Waals surface area (Å²) in [6, 6.07) is 13.2. The molecule has 138 valence electrons. The third-order valence-electron chi connectivity index (χ3n) is 5.30. The topological polar surface area (TPSA) is 79.9 Å². The lowest BCUT2D eigenvalue weighted by atomic mass is 9.90. The van der Waals surface area contributed by atoms with Crippen LogP contribution in [-0.2, 0) is 0 Å². The molecule has 3 heterocycles. The first kappa shape index (κ1) is 16.5. The third kappa shape index (κ3) is 2.38. The molecule has 6 nitrogen and oxygen atoms in total. The summed E-state index contributed by atoms with van der Waals surface area (Å²) in [5, 5.41) is 12.5. The summed E-state index contributed by atoms with van der Waals surface area (Å²) in [7, 11) is 1.65. The number of carbonyl (C=O) groups is 1. The Morgan fingerprint density at radius 2 is 1.89 bits per heavy atom. The Morgan fingerprint density at radius 1 is 1.07 bits per heavy atom. The molecule has 0 spiro atoms. The summed E-state index contributed by atoms with van der Waals surface area (Å²) in [6.45, 7) is 1.99. The summed E-state index contributed by atoms with van der Waals surface area (Å²) in [5.74, 6) is 0.697. The predicted molar refractivity (Wildman–Crippen MR) is 106 cm³/mol. The molecule has 6 heteroatoms. The molecule has 0 saturated carbocycles. The van der Waals surface area contributed by atoms with Gasteiger partial charge in [0.15, 0.2) is 5.65 Å². The molecular formula is C22H18N4O2. The average Bonchev–Trinajstić information content (AvgIpc) is 3.15. The van der Waals surface area contributed by atoms with Gasteiger partial charge >= 0.3 is 0 Å². The van der Waals surface area contributed by atoms with Gasteiger partial charge in [-0.3, -0.25) is 4.79 Å². The third-order valence-corrected chi connectivity index (χ3v) is 5.30. The van der Waals surface area contributed by atoms with Gasteiger partial charge in [-0.1, -0.05) is 24.3 Å². The van der Waals surface area contributed by atoms with Gasteiger partial charge in [0.05, 0.1) is 19.3 Å². The minimum absolute atomic E-state index is 0.120. The maximum atomic E-state index is 13.1. The van der Waals surface area contributed by atoms with Gasteiger partial charge in [0.2, 0.25) is 0 Å². The van der Waals surface area contributed by atoms with Crippen molar-refractivity contribution in [1.29, 1.82) is 0 Å². The summed E-state index contributed by atoms with van der Waals surface area (Å²) in [6.07, 6.45) is 3.63. The molecule has 2 N–H and O–H groups in total. The molecule has 2 aromatic heterocycles. The van der Waals surface area contributed by atoms with Crippen LogP contribution in [0.4, 0.5) is 0 Å². The van der Waals surface area contributed by atoms with E-state index in [1.807, 2.05) is 55.6 Å². The lowest BCUT2D eigenvalue weighted by Crippen LogP contribution is -2.30. The summed E-state index contributed by atoms with van der Waals surface area (Å²) in [4.78, 5) is 16.3. The molecule has 2 aromatic carbocycles. The van der Waals surface area contributed by atoms with E-state index in [1.54, 1.807) is 13.3 Å². The molecule has 1 amide bonds. The standard InChI is InChI=1S/C22H18N4O2/c1-12-9-13(7-8-18(12)28-2)20-17-10-23-21-19(17)16(11-24-26-21)14-5-3-4-6-15(14)22(27)25-20/h3-11,20H,1-2H3,(H,23,26)(H,25,27). The quantitative estimate of drug-likeness (QED) is 0.563. The van der Waals surface area contributed by atoms with Crippen LogP contribution in [0.2, 0.25) is 0 Å². The molecule has 5 rings (SSSR count). The minimum atomic E-state index is -0.317. The predicted octanol–water partition coefficient (Wildman–Crippen LogP) is 3.77. The van der Waals surface area contributed by atoms with Crippen LogP contribution in [0.15, 0.2) is 54.9 Å². The largest absolute Gasteiger partial charge is 0.496 e. The van der Waals surface area contributed by atoms with Crippen LogP contribution in [0.1, 0.15) is 33.1 Å². The Bertz CT molecular complexity index is 1230. The number of hydrogen-bond acceptors (Lipinski definition) is 4. The average molecular weight is 370 g/mol. The summed E-state index contributed by atoms with van der Waals surface area (Å²) < 4.78 is 5.39. The fraction of sp³-hybridized carbons (Fsp3) is 0.136. The van der Waals surface area contributed by atoms with Crippen LogP contribution in [0.5, 0.6) is 5.75 Å². The second-order valence-electron chi connectivity index (χ2n) is 6.91. The van der Waals surface area contributed by atoms with E-state index in [1.165, 1.54) is 0 Å². The van der Waals surface area contributed by atoms with Crippen molar-refractivity contribution in [3.63, 3.8) is 0 Å². The Hall–Kier alpha value is -3.67. The number of hydrogen-bond donors (Lipinski definition) is 2. The van der Waals surface area contributed by atoms with Gasteiger partial charge in [-0.25, -0.2) is 0 Å². The maximum Gasteiger partial charge on any atom is 0.252 e. The van der Waals surface area contributed by atoms with E-state index >= 15 is 0 Å². The lowest BCUT2D eigenvalue weighted by Gasteiger charge is -2.24. The van der Waals surface area contributed by atoms with Crippen molar-refractivity contribution in [1.82, 2.24) is 20.5 Å². The molecule has 0 saturated heterocycles. The smallest absolute Gasteiger partial charge is 0.252 e. The van der Waals surface area contributed by atoms with Crippen LogP contribution < -0.4 is 10.1 Å². The molecular weight excluding hydrogens is 352 g/mol. The molecule has 1 unspecified atom stereocenters. The van der Waals surface area contributed by atoms with Gasteiger partial charge in [0, 0.05) is 28.3 Å². The van der Waals surface area contributed by atoms with Crippen molar-refractivity contribution in [2.24, 2.45) is 0 Å². The molecule has 0 bridgehead atoms. The van der Waals surface area contributed by atoms with Gasteiger partial charge in [0.1, 0.15) is 5.75 Å². The molecule has 0 aliphatic carbocycles. The van der Waals surface area contributed by atoms with Crippen LogP contribution in [0.3, 0.4) is 0 Å². The number of aromatic nitrogens is 3. The maximum absolute atomic E-state index is 13.1. The SMILES string of the molecule is COc1ccc(C2NC(=O)c3ccccc3-c3cnnc4[nH]cc2c34)cc1C. The second kappa shape index (κ2) is 6.20. The number of nitrogens with one attached hydrogen (secondary N) is 2. The van der Waals surface area contributed by atoms with E-state index in [0.29, 0.717) is 11.2 Å². The van der Waals surface area contributed by atoms with Gasteiger partial charge in [0.25, 0.3) is 5.91 Å². The van der Waals surface area contributed by atoms with Crippen LogP contribution in [0.25, 0.3) is 22.2 Å². The minimum Gasteiger partial charge on any atom is -0.496 e. The molecule has 1 aliphatic heterocycles. The normalized spacial score (nSPS) is 15.5. The van der Waals surface area contributed by atoms with Gasteiger partial charge < -0.3 is 15.0 Å². The number of benzene rings is 2. The highest BCUT2D eigenvalue weighted by Gasteiger charge is 2.28. The number of carbonyl (C=O) groups excluding carboxylic acids is 1. The molecule has 0 fully saturated rings. The summed E-state index contributed by atoms with van der Waals surface area (Å²) in [5.41, 5.74) is 6.04. The van der Waals surface area contributed by atoms with Crippen molar-refractivity contribution >= 4 is 16.9 Å². The molecule has 4 aromatic rings. The molecule has 1 aliphatic rings. The first-order valence-corrected chi connectivity index (χ1v) is 9.05. The monoisotopic (exact) mass is 370 g/mol. The Morgan fingerprint density at radius 3 is 2.68 bits per heavy atom. The fourth-order valence-corrected chi connectivity index (χ4v) is 3.98. The van der Waals surface area contributed by atoms with E-state index in [-0.39, 0.29) is 11.9 Å². The van der Waals surface area contributed by atoms with Crippen LogP contribution in [-0.4, -0.2) is 28.2 Å². The van der Waals surface area contributed by atoms with Crippen molar-refractivity contribution in [3.05, 3.63) is 77.1 Å². The fourth-order valence-electron chi connectivity index (χ4n) is 3.98. The van der Waals surface area contributed by atoms with Crippen LogP contribution >= 0.6 is 0 Å². The van der Waals surface area contributed by atoms with Crippen molar-refractivity contribution < 1.29 is 9.53 Å². The number of nitrogens with zero attached hydrogens (tertiary/aromatic N) is 2.